The van der Waals surface area contributed by atoms with Crippen LogP contribution in [-0.2, 0) is 0 Å². The standard InChI is InChI=1S/C8H16N2/c1-2-4-7(9)8-5-3-6-10-8/h2,7-8,10H,1,3-6,9H2/t7-,8-/m1/s1. The molecule has 0 bridgehead atoms. The van der Waals surface area contributed by atoms with E-state index < -0.39 is 0 Å². The molecular weight excluding hydrogens is 124 g/mol. The van der Waals surface area contributed by atoms with Gasteiger partial charge in [-0.2, -0.15) is 0 Å². The summed E-state index contributed by atoms with van der Waals surface area (Å²) < 4.78 is 0. The lowest BCUT2D eigenvalue weighted by atomic mass is 10.0. The van der Waals surface area contributed by atoms with Gasteiger partial charge in [-0.25, -0.2) is 0 Å². The summed E-state index contributed by atoms with van der Waals surface area (Å²) in [5.74, 6) is 0. The van der Waals surface area contributed by atoms with Crippen molar-refractivity contribution in [3.63, 3.8) is 0 Å². The molecule has 0 aromatic rings. The van der Waals surface area contributed by atoms with Gasteiger partial charge in [0, 0.05) is 12.1 Å². The summed E-state index contributed by atoms with van der Waals surface area (Å²) in [6.07, 6.45) is 5.33. The second kappa shape index (κ2) is 3.74. The number of hydrogen-bond donors (Lipinski definition) is 2. The molecule has 0 saturated carbocycles. The third-order valence-corrected chi connectivity index (χ3v) is 2.05. The second-order valence-corrected chi connectivity index (χ2v) is 2.89. The van der Waals surface area contributed by atoms with E-state index in [1.165, 1.54) is 12.8 Å². The van der Waals surface area contributed by atoms with Gasteiger partial charge in [-0.3, -0.25) is 0 Å². The zero-order chi connectivity index (χ0) is 7.40. The van der Waals surface area contributed by atoms with Crippen LogP contribution in [0.4, 0.5) is 0 Å². The molecule has 1 saturated heterocycles. The molecule has 58 valence electrons. The lowest BCUT2D eigenvalue weighted by Gasteiger charge is -2.16. The van der Waals surface area contributed by atoms with Crippen molar-refractivity contribution in [3.05, 3.63) is 12.7 Å². The van der Waals surface area contributed by atoms with Gasteiger partial charge in [0.1, 0.15) is 0 Å². The van der Waals surface area contributed by atoms with E-state index in [4.69, 9.17) is 5.73 Å². The van der Waals surface area contributed by atoms with Crippen LogP contribution in [0.2, 0.25) is 0 Å². The van der Waals surface area contributed by atoms with Crippen LogP contribution in [0.25, 0.3) is 0 Å². The van der Waals surface area contributed by atoms with E-state index >= 15 is 0 Å². The van der Waals surface area contributed by atoms with Crippen molar-refractivity contribution in [2.45, 2.75) is 31.3 Å². The first kappa shape index (κ1) is 7.76. The van der Waals surface area contributed by atoms with Gasteiger partial charge in [0.05, 0.1) is 0 Å². The van der Waals surface area contributed by atoms with E-state index in [0.717, 1.165) is 13.0 Å². The van der Waals surface area contributed by atoms with Gasteiger partial charge in [0.25, 0.3) is 0 Å². The molecule has 1 heterocycles. The first-order valence-electron chi connectivity index (χ1n) is 3.94. The second-order valence-electron chi connectivity index (χ2n) is 2.89. The van der Waals surface area contributed by atoms with Crippen molar-refractivity contribution in [1.82, 2.24) is 5.32 Å². The highest BCUT2D eigenvalue weighted by molar-refractivity contribution is 4.88. The zero-order valence-corrected chi connectivity index (χ0v) is 6.34. The van der Waals surface area contributed by atoms with E-state index in [-0.39, 0.29) is 6.04 Å². The van der Waals surface area contributed by atoms with Crippen LogP contribution in [0, 0.1) is 0 Å². The summed E-state index contributed by atoms with van der Waals surface area (Å²) in [6.45, 7) is 4.80. The van der Waals surface area contributed by atoms with Crippen LogP contribution >= 0.6 is 0 Å². The predicted molar refractivity (Wildman–Crippen MR) is 43.8 cm³/mol. The van der Waals surface area contributed by atoms with Gasteiger partial charge >= 0.3 is 0 Å². The third-order valence-electron chi connectivity index (χ3n) is 2.05. The molecule has 0 amide bonds. The maximum atomic E-state index is 5.86. The molecule has 1 aliphatic rings. The first-order chi connectivity index (χ1) is 4.84. The average molecular weight is 140 g/mol. The van der Waals surface area contributed by atoms with Gasteiger partial charge in [-0.05, 0) is 25.8 Å². The molecule has 0 unspecified atom stereocenters. The normalized spacial score (nSPS) is 28.3. The van der Waals surface area contributed by atoms with E-state index in [9.17, 15) is 0 Å². The minimum absolute atomic E-state index is 0.278. The van der Waals surface area contributed by atoms with Crippen LogP contribution in [-0.4, -0.2) is 18.6 Å². The largest absolute Gasteiger partial charge is 0.326 e. The highest BCUT2D eigenvalue weighted by Crippen LogP contribution is 2.09. The Balaban J connectivity index is 2.24. The molecule has 0 aliphatic carbocycles. The summed E-state index contributed by atoms with van der Waals surface area (Å²) in [5, 5.41) is 3.37. The molecule has 2 nitrogen and oxygen atoms in total. The molecule has 1 aliphatic heterocycles. The van der Waals surface area contributed by atoms with Gasteiger partial charge < -0.3 is 11.1 Å². The molecule has 3 N–H and O–H groups in total. The van der Waals surface area contributed by atoms with Crippen molar-refractivity contribution in [3.8, 4) is 0 Å². The van der Waals surface area contributed by atoms with Crippen molar-refractivity contribution in [1.29, 1.82) is 0 Å². The Bertz CT molecular complexity index is 106. The Labute approximate surface area is 62.5 Å². The van der Waals surface area contributed by atoms with Crippen LogP contribution in [0.15, 0.2) is 12.7 Å². The van der Waals surface area contributed by atoms with Crippen LogP contribution in [0.3, 0.4) is 0 Å². The number of nitrogens with two attached hydrogens (primary N) is 1. The van der Waals surface area contributed by atoms with Crippen LogP contribution in [0.1, 0.15) is 19.3 Å². The number of nitrogens with one attached hydrogen (secondary N) is 1. The monoisotopic (exact) mass is 140 g/mol. The molecule has 0 aromatic heterocycles. The highest BCUT2D eigenvalue weighted by Gasteiger charge is 2.19. The fraction of sp³-hybridized carbons (Fsp3) is 0.750. The van der Waals surface area contributed by atoms with E-state index in [1.54, 1.807) is 0 Å². The third kappa shape index (κ3) is 1.82. The minimum Gasteiger partial charge on any atom is -0.326 e. The first-order valence-corrected chi connectivity index (χ1v) is 3.94. The summed E-state index contributed by atoms with van der Waals surface area (Å²) in [5.41, 5.74) is 5.86. The summed E-state index contributed by atoms with van der Waals surface area (Å²) in [7, 11) is 0. The molecule has 1 rings (SSSR count). The Morgan fingerprint density at radius 1 is 1.80 bits per heavy atom. The summed E-state index contributed by atoms with van der Waals surface area (Å²) >= 11 is 0. The number of rotatable bonds is 3. The maximum Gasteiger partial charge on any atom is 0.0229 e. The quantitative estimate of drug-likeness (QED) is 0.565. The molecule has 1 fully saturated rings. The average Bonchev–Trinajstić information content (AvgIpc) is 2.38. The Kier molecular flexibility index (Phi) is 2.90. The zero-order valence-electron chi connectivity index (χ0n) is 6.34. The Morgan fingerprint density at radius 3 is 3.10 bits per heavy atom. The predicted octanol–water partition coefficient (Wildman–Crippen LogP) is 0.642. The van der Waals surface area contributed by atoms with Crippen molar-refractivity contribution < 1.29 is 0 Å². The van der Waals surface area contributed by atoms with Crippen molar-refractivity contribution in [2.75, 3.05) is 6.54 Å². The van der Waals surface area contributed by atoms with Crippen LogP contribution < -0.4 is 11.1 Å². The fourth-order valence-electron chi connectivity index (χ4n) is 1.43. The van der Waals surface area contributed by atoms with Gasteiger partial charge in [-0.1, -0.05) is 6.08 Å². The molecule has 10 heavy (non-hydrogen) atoms. The SMILES string of the molecule is C=CC[C@@H](N)[C@H]1CCCN1. The van der Waals surface area contributed by atoms with E-state index in [2.05, 4.69) is 11.9 Å². The lowest BCUT2D eigenvalue weighted by molar-refractivity contribution is 0.487. The topological polar surface area (TPSA) is 38.0 Å². The molecule has 0 aromatic carbocycles. The molecule has 2 heteroatoms. The highest BCUT2D eigenvalue weighted by atomic mass is 15.0. The smallest absolute Gasteiger partial charge is 0.0229 e. The van der Waals surface area contributed by atoms with E-state index in [1.807, 2.05) is 6.08 Å². The van der Waals surface area contributed by atoms with Crippen molar-refractivity contribution in [2.24, 2.45) is 5.73 Å². The van der Waals surface area contributed by atoms with Crippen molar-refractivity contribution >= 4 is 0 Å². The molecule has 0 spiro atoms. The minimum atomic E-state index is 0.278. The lowest BCUT2D eigenvalue weighted by Crippen LogP contribution is -2.40. The Hall–Kier alpha value is -0.340. The molecular formula is C8H16N2. The Morgan fingerprint density at radius 2 is 2.60 bits per heavy atom. The maximum absolute atomic E-state index is 5.86. The number of hydrogen-bond acceptors (Lipinski definition) is 2. The van der Waals surface area contributed by atoms with Gasteiger partial charge in [0.2, 0.25) is 0 Å². The fourth-order valence-corrected chi connectivity index (χ4v) is 1.43. The van der Waals surface area contributed by atoms with Gasteiger partial charge in [-0.15, -0.1) is 6.58 Å². The summed E-state index contributed by atoms with van der Waals surface area (Å²) in [4.78, 5) is 0. The van der Waals surface area contributed by atoms with Crippen LogP contribution in [0.5, 0.6) is 0 Å². The van der Waals surface area contributed by atoms with Gasteiger partial charge in [0.15, 0.2) is 0 Å². The molecule has 2 atom stereocenters. The molecule has 0 radical (unpaired) electrons. The summed E-state index contributed by atoms with van der Waals surface area (Å²) in [6, 6.07) is 0.818. The van der Waals surface area contributed by atoms with E-state index in [0.29, 0.717) is 6.04 Å².